The van der Waals surface area contributed by atoms with Crippen LogP contribution in [0.25, 0.3) is 0 Å². The smallest absolute Gasteiger partial charge is 0.261 e. The average Bonchev–Trinajstić information content (AvgIpc) is 3.31. The number of thiophene rings is 1. The molecule has 1 aliphatic rings. The van der Waals surface area contributed by atoms with Gasteiger partial charge in [-0.3, -0.25) is 9.79 Å². The van der Waals surface area contributed by atoms with Crippen molar-refractivity contribution in [2.24, 2.45) is 4.99 Å². The van der Waals surface area contributed by atoms with E-state index >= 15 is 0 Å². The molecule has 0 radical (unpaired) electrons. The van der Waals surface area contributed by atoms with Crippen LogP contribution in [0.3, 0.4) is 0 Å². The standard InChI is InChI=1S/C22H30N4O3S.HI/c1-4-23-22(25-10-6-9-24-21(27)20-7-5-12-30-20)26-11-8-16-13-18(28-2)19(29-3)14-17(16)15-26;/h5,7,12-14H,4,6,8-11,15H2,1-3H3,(H,23,25)(H,24,27);1H. The van der Waals surface area contributed by atoms with Crippen LogP contribution < -0.4 is 20.1 Å². The highest BCUT2D eigenvalue weighted by atomic mass is 127. The SMILES string of the molecule is CCNC(=NCCCNC(=O)c1cccs1)N1CCc2cc(OC)c(OC)cc2C1.I. The molecule has 0 saturated carbocycles. The Morgan fingerprint density at radius 3 is 2.58 bits per heavy atom. The monoisotopic (exact) mass is 558 g/mol. The van der Waals surface area contributed by atoms with Crippen LogP contribution in [0, 0.1) is 0 Å². The fourth-order valence-electron chi connectivity index (χ4n) is 3.45. The van der Waals surface area contributed by atoms with Crippen LogP contribution in [0.1, 0.15) is 34.1 Å². The molecule has 9 heteroatoms. The third kappa shape index (κ3) is 6.73. The van der Waals surface area contributed by atoms with Gasteiger partial charge < -0.3 is 25.0 Å². The Kier molecular flexibility index (Phi) is 10.4. The first-order valence-electron chi connectivity index (χ1n) is 10.2. The molecule has 0 atom stereocenters. The molecule has 0 bridgehead atoms. The summed E-state index contributed by atoms with van der Waals surface area (Å²) < 4.78 is 10.9. The fourth-order valence-corrected chi connectivity index (χ4v) is 4.09. The van der Waals surface area contributed by atoms with E-state index in [-0.39, 0.29) is 29.9 Å². The Hall–Kier alpha value is -2.01. The van der Waals surface area contributed by atoms with Crippen LogP contribution in [0.4, 0.5) is 0 Å². The summed E-state index contributed by atoms with van der Waals surface area (Å²) in [6.45, 7) is 5.81. The molecule has 1 aromatic heterocycles. The number of methoxy groups -OCH3 is 2. The van der Waals surface area contributed by atoms with E-state index in [4.69, 9.17) is 14.5 Å². The number of ether oxygens (including phenoxy) is 2. The van der Waals surface area contributed by atoms with Gasteiger partial charge in [0.15, 0.2) is 17.5 Å². The number of nitrogens with zero attached hydrogens (tertiary/aromatic N) is 2. The number of carbonyl (C=O) groups is 1. The van der Waals surface area contributed by atoms with E-state index in [1.165, 1.54) is 22.5 Å². The normalized spacial score (nSPS) is 13.1. The Morgan fingerprint density at radius 1 is 1.19 bits per heavy atom. The molecule has 3 rings (SSSR count). The van der Waals surface area contributed by atoms with Crippen molar-refractivity contribution in [3.63, 3.8) is 0 Å². The topological polar surface area (TPSA) is 75.2 Å². The molecule has 2 N–H and O–H groups in total. The number of amides is 1. The Morgan fingerprint density at radius 2 is 1.94 bits per heavy atom. The van der Waals surface area contributed by atoms with Gasteiger partial charge in [0.05, 0.1) is 19.1 Å². The second-order valence-electron chi connectivity index (χ2n) is 6.97. The maximum atomic E-state index is 12.0. The van der Waals surface area contributed by atoms with E-state index < -0.39 is 0 Å². The zero-order chi connectivity index (χ0) is 21.3. The number of rotatable bonds is 8. The summed E-state index contributed by atoms with van der Waals surface area (Å²) in [5.41, 5.74) is 2.52. The predicted molar refractivity (Wildman–Crippen MR) is 136 cm³/mol. The number of hydrogen-bond donors (Lipinski definition) is 2. The molecule has 1 amide bonds. The largest absolute Gasteiger partial charge is 0.493 e. The zero-order valence-corrected chi connectivity index (χ0v) is 21.4. The van der Waals surface area contributed by atoms with Crippen molar-refractivity contribution in [3.05, 3.63) is 45.6 Å². The third-order valence-electron chi connectivity index (χ3n) is 4.98. The van der Waals surface area contributed by atoms with Crippen LogP contribution in [-0.4, -0.2) is 57.2 Å². The van der Waals surface area contributed by atoms with Gasteiger partial charge in [-0.1, -0.05) is 6.07 Å². The predicted octanol–water partition coefficient (Wildman–Crippen LogP) is 3.53. The second-order valence-corrected chi connectivity index (χ2v) is 7.92. The van der Waals surface area contributed by atoms with E-state index in [1.807, 2.05) is 17.5 Å². The number of aliphatic imine (C=N–C) groups is 1. The summed E-state index contributed by atoms with van der Waals surface area (Å²) in [7, 11) is 3.33. The molecule has 170 valence electrons. The van der Waals surface area contributed by atoms with Crippen LogP contribution in [0.2, 0.25) is 0 Å². The molecule has 0 saturated heterocycles. The highest BCUT2D eigenvalue weighted by molar-refractivity contribution is 14.0. The maximum absolute atomic E-state index is 12.0. The minimum atomic E-state index is -0.0158. The highest BCUT2D eigenvalue weighted by Crippen LogP contribution is 2.33. The molecule has 31 heavy (non-hydrogen) atoms. The molecular formula is C22H31IN4O3S. The molecule has 0 aliphatic carbocycles. The van der Waals surface area contributed by atoms with Gasteiger partial charge in [0.1, 0.15) is 0 Å². The first kappa shape index (κ1) is 25.3. The van der Waals surface area contributed by atoms with E-state index in [0.29, 0.717) is 13.1 Å². The lowest BCUT2D eigenvalue weighted by Crippen LogP contribution is -2.44. The summed E-state index contributed by atoms with van der Waals surface area (Å²) in [6, 6.07) is 7.85. The van der Waals surface area contributed by atoms with E-state index in [9.17, 15) is 4.79 Å². The van der Waals surface area contributed by atoms with E-state index in [1.54, 1.807) is 14.2 Å². The van der Waals surface area contributed by atoms with Gasteiger partial charge in [-0.2, -0.15) is 0 Å². The summed E-state index contributed by atoms with van der Waals surface area (Å²) in [6.07, 6.45) is 1.72. The number of nitrogens with one attached hydrogen (secondary N) is 2. The lowest BCUT2D eigenvalue weighted by Gasteiger charge is -2.32. The van der Waals surface area contributed by atoms with Crippen LogP contribution in [0.5, 0.6) is 11.5 Å². The lowest BCUT2D eigenvalue weighted by molar-refractivity contribution is 0.0957. The maximum Gasteiger partial charge on any atom is 0.261 e. The summed E-state index contributed by atoms with van der Waals surface area (Å²) >= 11 is 1.45. The lowest BCUT2D eigenvalue weighted by atomic mass is 9.99. The van der Waals surface area contributed by atoms with Gasteiger partial charge in [0.25, 0.3) is 5.91 Å². The van der Waals surface area contributed by atoms with Crippen molar-refractivity contribution in [3.8, 4) is 11.5 Å². The summed E-state index contributed by atoms with van der Waals surface area (Å²) in [4.78, 5) is 19.8. The Bertz CT molecular complexity index is 874. The Balaban J connectivity index is 0.00000341. The van der Waals surface area contributed by atoms with Crippen molar-refractivity contribution < 1.29 is 14.3 Å². The van der Waals surface area contributed by atoms with Gasteiger partial charge in [0, 0.05) is 32.7 Å². The van der Waals surface area contributed by atoms with Crippen LogP contribution in [0.15, 0.2) is 34.6 Å². The minimum Gasteiger partial charge on any atom is -0.493 e. The number of halogens is 1. The van der Waals surface area contributed by atoms with Crippen LogP contribution >= 0.6 is 35.3 Å². The number of carbonyl (C=O) groups excluding carboxylic acids is 1. The van der Waals surface area contributed by atoms with E-state index in [2.05, 4.69) is 34.6 Å². The molecule has 2 heterocycles. The van der Waals surface area contributed by atoms with Gasteiger partial charge >= 0.3 is 0 Å². The summed E-state index contributed by atoms with van der Waals surface area (Å²) in [5.74, 6) is 2.41. The zero-order valence-electron chi connectivity index (χ0n) is 18.3. The van der Waals surface area contributed by atoms with Crippen LogP contribution in [-0.2, 0) is 13.0 Å². The van der Waals surface area contributed by atoms with E-state index in [0.717, 1.165) is 54.8 Å². The van der Waals surface area contributed by atoms with Crippen molar-refractivity contribution in [2.45, 2.75) is 26.3 Å². The van der Waals surface area contributed by atoms with Crippen molar-refractivity contribution in [1.29, 1.82) is 0 Å². The fraction of sp³-hybridized carbons (Fsp3) is 0.455. The minimum absolute atomic E-state index is 0. The highest BCUT2D eigenvalue weighted by Gasteiger charge is 2.21. The van der Waals surface area contributed by atoms with Gasteiger partial charge in [-0.25, -0.2) is 0 Å². The van der Waals surface area contributed by atoms with Crippen molar-refractivity contribution in [1.82, 2.24) is 15.5 Å². The van der Waals surface area contributed by atoms with Gasteiger partial charge in [-0.05, 0) is 54.5 Å². The second kappa shape index (κ2) is 12.7. The quantitative estimate of drug-likeness (QED) is 0.225. The molecule has 1 aliphatic heterocycles. The first-order valence-corrected chi connectivity index (χ1v) is 11.1. The number of fused-ring (bicyclic) bond motifs is 1. The molecule has 2 aromatic rings. The summed E-state index contributed by atoms with van der Waals surface area (Å²) in [5, 5.41) is 8.25. The molecule has 0 fully saturated rings. The van der Waals surface area contributed by atoms with Gasteiger partial charge in [0.2, 0.25) is 0 Å². The molecule has 7 nitrogen and oxygen atoms in total. The third-order valence-corrected chi connectivity index (χ3v) is 5.85. The first-order chi connectivity index (χ1) is 14.7. The van der Waals surface area contributed by atoms with Gasteiger partial charge in [-0.15, -0.1) is 35.3 Å². The number of guanidine groups is 1. The van der Waals surface area contributed by atoms with Crippen molar-refractivity contribution in [2.75, 3.05) is 40.4 Å². The Labute approximate surface area is 205 Å². The average molecular weight is 558 g/mol. The van der Waals surface area contributed by atoms with Crippen molar-refractivity contribution >= 4 is 47.2 Å². The number of hydrogen-bond acceptors (Lipinski definition) is 5. The molecule has 1 aromatic carbocycles. The number of benzene rings is 1. The molecule has 0 spiro atoms. The molecule has 0 unspecified atom stereocenters. The molecular weight excluding hydrogens is 527 g/mol.